The zero-order valence-electron chi connectivity index (χ0n) is 12.8. The van der Waals surface area contributed by atoms with E-state index in [0.29, 0.717) is 12.2 Å². The zero-order chi connectivity index (χ0) is 15.1. The Morgan fingerprint density at radius 3 is 2.71 bits per heavy atom. The molecule has 0 saturated carbocycles. The molecule has 1 heterocycles. The minimum absolute atomic E-state index is 0.240. The Labute approximate surface area is 126 Å². The van der Waals surface area contributed by atoms with Crippen LogP contribution < -0.4 is 0 Å². The molecular formula is C18H23NO2. The van der Waals surface area contributed by atoms with Gasteiger partial charge in [0.05, 0.1) is 11.1 Å². The highest BCUT2D eigenvalue weighted by Gasteiger charge is 2.27. The molecule has 0 N–H and O–H groups in total. The van der Waals surface area contributed by atoms with Crippen LogP contribution in [0.1, 0.15) is 45.1 Å². The van der Waals surface area contributed by atoms with Crippen molar-refractivity contribution in [2.75, 3.05) is 0 Å². The number of rotatable bonds is 7. The third-order valence-electron chi connectivity index (χ3n) is 3.70. The van der Waals surface area contributed by atoms with Crippen molar-refractivity contribution >= 4 is 12.2 Å². The van der Waals surface area contributed by atoms with E-state index in [0.717, 1.165) is 18.4 Å². The molecule has 3 heteroatoms. The van der Waals surface area contributed by atoms with E-state index in [9.17, 15) is 4.79 Å². The van der Waals surface area contributed by atoms with Gasteiger partial charge in [-0.15, -0.1) is 0 Å². The summed E-state index contributed by atoms with van der Waals surface area (Å²) in [5, 5.41) is 0. The van der Waals surface area contributed by atoms with E-state index >= 15 is 0 Å². The first-order valence-corrected chi connectivity index (χ1v) is 7.62. The summed E-state index contributed by atoms with van der Waals surface area (Å²) in [4.78, 5) is 16.5. The van der Waals surface area contributed by atoms with E-state index in [4.69, 9.17) is 4.74 Å². The van der Waals surface area contributed by atoms with Crippen molar-refractivity contribution < 1.29 is 9.53 Å². The maximum atomic E-state index is 12.1. The van der Waals surface area contributed by atoms with Crippen LogP contribution >= 0.6 is 0 Å². The molecule has 1 atom stereocenters. The number of ether oxygens (including phenoxy) is 1. The monoisotopic (exact) mass is 285 g/mol. The van der Waals surface area contributed by atoms with Crippen molar-refractivity contribution in [3.8, 4) is 0 Å². The molecule has 112 valence electrons. The van der Waals surface area contributed by atoms with Crippen LogP contribution in [0.4, 0.5) is 0 Å². The van der Waals surface area contributed by atoms with Gasteiger partial charge < -0.3 is 4.74 Å². The highest BCUT2D eigenvalue weighted by atomic mass is 16.5. The molecule has 0 bridgehead atoms. The highest BCUT2D eigenvalue weighted by molar-refractivity contribution is 6.11. The van der Waals surface area contributed by atoms with Crippen LogP contribution in [0.15, 0.2) is 47.0 Å². The fourth-order valence-corrected chi connectivity index (χ4v) is 2.41. The second kappa shape index (κ2) is 7.21. The highest BCUT2D eigenvalue weighted by Crippen LogP contribution is 2.27. The van der Waals surface area contributed by atoms with Gasteiger partial charge in [-0.25, -0.2) is 4.79 Å². The third-order valence-corrected chi connectivity index (χ3v) is 3.70. The predicted molar refractivity (Wildman–Crippen MR) is 85.4 cm³/mol. The lowest BCUT2D eigenvalue weighted by atomic mass is 9.95. The van der Waals surface area contributed by atoms with E-state index < -0.39 is 0 Å². The molecule has 1 aliphatic rings. The molecular weight excluding hydrogens is 262 g/mol. The molecule has 0 aromatic heterocycles. The predicted octanol–water partition coefficient (Wildman–Crippen LogP) is 4.08. The summed E-state index contributed by atoms with van der Waals surface area (Å²) in [5.74, 6) is -0.290. The van der Waals surface area contributed by atoms with E-state index in [-0.39, 0.29) is 11.5 Å². The van der Waals surface area contributed by atoms with E-state index in [1.165, 1.54) is 12.8 Å². The largest absolute Gasteiger partial charge is 0.457 e. The quantitative estimate of drug-likeness (QED) is 0.559. The first-order chi connectivity index (χ1) is 10.1. The summed E-state index contributed by atoms with van der Waals surface area (Å²) in [6.45, 7) is 4.55. The maximum absolute atomic E-state index is 12.1. The number of carbonyl (C=O) groups is 1. The average Bonchev–Trinajstić information content (AvgIpc) is 2.89. The molecule has 0 fully saturated rings. The van der Waals surface area contributed by atoms with Gasteiger partial charge in [0.25, 0.3) is 0 Å². The molecule has 0 spiro atoms. The van der Waals surface area contributed by atoms with Crippen molar-refractivity contribution in [2.45, 2.75) is 51.7 Å². The molecule has 2 rings (SSSR count). The number of nitrogens with zero attached hydrogens (tertiary/aromatic N) is 1. The topological polar surface area (TPSA) is 38.7 Å². The van der Waals surface area contributed by atoms with Crippen molar-refractivity contribution in [3.05, 3.63) is 47.5 Å². The van der Waals surface area contributed by atoms with Crippen molar-refractivity contribution in [2.24, 2.45) is 4.99 Å². The second-order valence-corrected chi connectivity index (χ2v) is 5.73. The van der Waals surface area contributed by atoms with Gasteiger partial charge in [0, 0.05) is 6.21 Å². The van der Waals surface area contributed by atoms with Gasteiger partial charge in [-0.3, -0.25) is 4.99 Å². The smallest absolute Gasteiger partial charge is 0.339 e. The number of benzene rings is 1. The molecule has 0 amide bonds. The van der Waals surface area contributed by atoms with E-state index in [1.807, 2.05) is 36.4 Å². The number of unbranched alkanes of at least 4 members (excludes halogenated alkanes) is 2. The van der Waals surface area contributed by atoms with Gasteiger partial charge in [0.2, 0.25) is 0 Å². The lowest BCUT2D eigenvalue weighted by molar-refractivity contribution is -0.139. The van der Waals surface area contributed by atoms with Gasteiger partial charge in [0.1, 0.15) is 6.61 Å². The van der Waals surface area contributed by atoms with Crippen LogP contribution in [-0.4, -0.2) is 17.7 Å². The minimum Gasteiger partial charge on any atom is -0.457 e. The number of esters is 1. The van der Waals surface area contributed by atoms with Crippen LogP contribution in [0.2, 0.25) is 0 Å². The molecule has 1 aromatic carbocycles. The molecule has 1 unspecified atom stereocenters. The Kier molecular flexibility index (Phi) is 5.32. The van der Waals surface area contributed by atoms with Crippen LogP contribution in [0, 0.1) is 0 Å². The van der Waals surface area contributed by atoms with Crippen LogP contribution in [0.3, 0.4) is 0 Å². The molecule has 21 heavy (non-hydrogen) atoms. The Bertz CT molecular complexity index is 533. The SMILES string of the molecule is CCCCCC1(C)C=C(C(=O)OCc2ccccc2)C=N1. The minimum atomic E-state index is -0.290. The Morgan fingerprint density at radius 2 is 2.00 bits per heavy atom. The third kappa shape index (κ3) is 4.55. The van der Waals surface area contributed by atoms with Gasteiger partial charge in [-0.05, 0) is 25.0 Å². The van der Waals surface area contributed by atoms with Gasteiger partial charge >= 0.3 is 5.97 Å². The lowest BCUT2D eigenvalue weighted by Crippen LogP contribution is -2.16. The Balaban J connectivity index is 1.87. The van der Waals surface area contributed by atoms with Gasteiger partial charge in [0.15, 0.2) is 0 Å². The Morgan fingerprint density at radius 1 is 1.24 bits per heavy atom. The average molecular weight is 285 g/mol. The maximum Gasteiger partial charge on any atom is 0.339 e. The van der Waals surface area contributed by atoms with Crippen molar-refractivity contribution in [3.63, 3.8) is 0 Å². The number of hydrogen-bond acceptors (Lipinski definition) is 3. The van der Waals surface area contributed by atoms with Crippen LogP contribution in [0.25, 0.3) is 0 Å². The first-order valence-electron chi connectivity index (χ1n) is 7.62. The molecule has 1 aliphatic heterocycles. The molecule has 3 nitrogen and oxygen atoms in total. The Hall–Kier alpha value is -1.90. The molecule has 0 aliphatic carbocycles. The van der Waals surface area contributed by atoms with Gasteiger partial charge in [-0.2, -0.15) is 0 Å². The summed E-state index contributed by atoms with van der Waals surface area (Å²) in [6.07, 6.45) is 8.09. The summed E-state index contributed by atoms with van der Waals surface area (Å²) in [7, 11) is 0. The first kappa shape index (κ1) is 15.5. The van der Waals surface area contributed by atoms with E-state index in [2.05, 4.69) is 18.8 Å². The lowest BCUT2D eigenvalue weighted by Gasteiger charge is -2.17. The molecule has 1 aromatic rings. The van der Waals surface area contributed by atoms with Crippen LogP contribution in [0.5, 0.6) is 0 Å². The summed E-state index contributed by atoms with van der Waals surface area (Å²) in [6, 6.07) is 9.70. The van der Waals surface area contributed by atoms with Gasteiger partial charge in [-0.1, -0.05) is 56.5 Å². The zero-order valence-corrected chi connectivity index (χ0v) is 12.8. The molecule has 0 radical (unpaired) electrons. The molecule has 0 saturated heterocycles. The standard InChI is InChI=1S/C18H23NO2/c1-3-4-8-11-18(2)12-16(13-19-18)17(20)21-14-15-9-6-5-7-10-15/h5-7,9-10,12-13H,3-4,8,11,14H2,1-2H3. The van der Waals surface area contributed by atoms with Crippen LogP contribution in [-0.2, 0) is 16.1 Å². The fraction of sp³-hybridized carbons (Fsp3) is 0.444. The van der Waals surface area contributed by atoms with Crippen molar-refractivity contribution in [1.82, 2.24) is 0 Å². The fourth-order valence-electron chi connectivity index (χ4n) is 2.41. The van der Waals surface area contributed by atoms with E-state index in [1.54, 1.807) is 6.21 Å². The number of hydrogen-bond donors (Lipinski definition) is 0. The summed E-state index contributed by atoms with van der Waals surface area (Å²) < 4.78 is 5.33. The normalized spacial score (nSPS) is 20.4. The number of carbonyl (C=O) groups excluding carboxylic acids is 1. The summed E-state index contributed by atoms with van der Waals surface area (Å²) in [5.41, 5.74) is 1.33. The second-order valence-electron chi connectivity index (χ2n) is 5.73. The summed E-state index contributed by atoms with van der Waals surface area (Å²) >= 11 is 0. The van der Waals surface area contributed by atoms with Crippen molar-refractivity contribution in [1.29, 1.82) is 0 Å². The number of aliphatic imine (C=N–C) groups is 1.